The molecule has 0 saturated heterocycles. The molecule has 0 aliphatic heterocycles. The van der Waals surface area contributed by atoms with Gasteiger partial charge in [0.15, 0.2) is 0 Å². The summed E-state index contributed by atoms with van der Waals surface area (Å²) in [4.78, 5) is 28.2. The van der Waals surface area contributed by atoms with Crippen molar-refractivity contribution < 1.29 is 4.79 Å². The van der Waals surface area contributed by atoms with Crippen LogP contribution in [0.25, 0.3) is 5.65 Å². The number of nitrogens with zero attached hydrogens (tertiary/aromatic N) is 2. The van der Waals surface area contributed by atoms with Gasteiger partial charge >= 0.3 is 0 Å². The lowest BCUT2D eigenvalue weighted by Crippen LogP contribution is -2.39. The van der Waals surface area contributed by atoms with Crippen LogP contribution in [-0.4, -0.2) is 34.9 Å². The molecule has 1 amide bonds. The molecule has 7 heteroatoms. The zero-order valence-corrected chi connectivity index (χ0v) is 12.1. The number of carbonyl (C=O) groups excluding carboxylic acids is 1. The number of amides is 1. The number of likely N-dealkylation sites (N-methyl/N-ethyl adjacent to an activating group) is 1. The van der Waals surface area contributed by atoms with Crippen LogP contribution in [0.4, 0.5) is 0 Å². The molecule has 20 heavy (non-hydrogen) atoms. The van der Waals surface area contributed by atoms with E-state index in [-0.39, 0.29) is 29.6 Å². The smallest absolute Gasteiger partial charge is 0.270 e. The molecule has 108 valence electrons. The maximum Gasteiger partial charge on any atom is 0.270 e. The first-order valence-electron chi connectivity index (χ1n) is 6.05. The monoisotopic (exact) mass is 296 g/mol. The van der Waals surface area contributed by atoms with Crippen molar-refractivity contribution in [2.24, 2.45) is 0 Å². The van der Waals surface area contributed by atoms with E-state index in [0.717, 1.165) is 0 Å². The van der Waals surface area contributed by atoms with Crippen molar-refractivity contribution in [2.75, 3.05) is 13.6 Å². The highest BCUT2D eigenvalue weighted by molar-refractivity contribution is 5.93. The standard InChI is InChI=1S/C13H16N4O2.ClH/c1-9(14-2)7-16-12(18)10-8-15-11-5-3-4-6-17(11)13(10)19;/h3-6,8-9,14H,7H2,1-2H3,(H,16,18);1H. The summed E-state index contributed by atoms with van der Waals surface area (Å²) in [6.07, 6.45) is 2.91. The molecule has 1 atom stereocenters. The molecule has 6 nitrogen and oxygen atoms in total. The highest BCUT2D eigenvalue weighted by Gasteiger charge is 2.13. The molecule has 0 saturated carbocycles. The number of pyridine rings is 1. The number of hydrogen-bond acceptors (Lipinski definition) is 4. The fraction of sp³-hybridized carbons (Fsp3) is 0.308. The molecule has 0 aliphatic rings. The van der Waals surface area contributed by atoms with E-state index in [9.17, 15) is 9.59 Å². The second-order valence-corrected chi connectivity index (χ2v) is 4.31. The number of hydrogen-bond donors (Lipinski definition) is 2. The van der Waals surface area contributed by atoms with Crippen molar-refractivity contribution in [3.63, 3.8) is 0 Å². The highest BCUT2D eigenvalue weighted by Crippen LogP contribution is 1.97. The third-order valence-corrected chi connectivity index (χ3v) is 2.92. The predicted octanol–water partition coefficient (Wildman–Crippen LogP) is 0.454. The van der Waals surface area contributed by atoms with Crippen LogP contribution in [-0.2, 0) is 0 Å². The molecule has 2 aromatic heterocycles. The van der Waals surface area contributed by atoms with Gasteiger partial charge in [-0.25, -0.2) is 4.98 Å². The summed E-state index contributed by atoms with van der Waals surface area (Å²) in [6, 6.07) is 5.36. The molecule has 0 fully saturated rings. The summed E-state index contributed by atoms with van der Waals surface area (Å²) in [6.45, 7) is 2.39. The highest BCUT2D eigenvalue weighted by atomic mass is 35.5. The Morgan fingerprint density at radius 2 is 2.20 bits per heavy atom. The Balaban J connectivity index is 0.00000200. The van der Waals surface area contributed by atoms with Crippen molar-refractivity contribution in [2.45, 2.75) is 13.0 Å². The number of halogens is 1. The molecule has 1 unspecified atom stereocenters. The zero-order valence-electron chi connectivity index (χ0n) is 11.3. The van der Waals surface area contributed by atoms with E-state index in [0.29, 0.717) is 12.2 Å². The Bertz CT molecular complexity index is 656. The number of rotatable bonds is 4. The summed E-state index contributed by atoms with van der Waals surface area (Å²) >= 11 is 0. The van der Waals surface area contributed by atoms with Gasteiger partial charge in [-0.2, -0.15) is 0 Å². The van der Waals surface area contributed by atoms with Crippen molar-refractivity contribution in [3.8, 4) is 0 Å². The van der Waals surface area contributed by atoms with Crippen molar-refractivity contribution in [1.82, 2.24) is 20.0 Å². The predicted molar refractivity (Wildman–Crippen MR) is 79.6 cm³/mol. The maximum absolute atomic E-state index is 12.1. The summed E-state index contributed by atoms with van der Waals surface area (Å²) in [7, 11) is 1.81. The second kappa shape index (κ2) is 7.02. The Morgan fingerprint density at radius 3 is 2.90 bits per heavy atom. The number of aromatic nitrogens is 2. The van der Waals surface area contributed by atoms with Crippen molar-refractivity contribution in [1.29, 1.82) is 0 Å². The van der Waals surface area contributed by atoms with Gasteiger partial charge in [0.1, 0.15) is 11.2 Å². The van der Waals surface area contributed by atoms with Crippen molar-refractivity contribution in [3.05, 3.63) is 46.5 Å². The van der Waals surface area contributed by atoms with E-state index >= 15 is 0 Å². The quantitative estimate of drug-likeness (QED) is 0.859. The van der Waals surface area contributed by atoms with Gasteiger partial charge in [-0.1, -0.05) is 6.07 Å². The molecule has 0 aromatic carbocycles. The lowest BCUT2D eigenvalue weighted by atomic mass is 10.2. The molecule has 0 radical (unpaired) electrons. The lowest BCUT2D eigenvalue weighted by Gasteiger charge is -2.11. The Labute approximate surface area is 122 Å². The number of carbonyl (C=O) groups is 1. The van der Waals surface area contributed by atoms with Gasteiger partial charge in [0.2, 0.25) is 0 Å². The van der Waals surface area contributed by atoms with Crippen LogP contribution < -0.4 is 16.2 Å². The van der Waals surface area contributed by atoms with Crippen molar-refractivity contribution >= 4 is 24.0 Å². The Morgan fingerprint density at radius 1 is 1.45 bits per heavy atom. The molecule has 2 heterocycles. The van der Waals surface area contributed by atoms with Crippen LogP contribution in [0.3, 0.4) is 0 Å². The largest absolute Gasteiger partial charge is 0.350 e. The van der Waals surface area contributed by atoms with E-state index in [2.05, 4.69) is 15.6 Å². The van der Waals surface area contributed by atoms with Gasteiger partial charge in [-0.15, -0.1) is 12.4 Å². The molecular weight excluding hydrogens is 280 g/mol. The molecular formula is C13H17ClN4O2. The summed E-state index contributed by atoms with van der Waals surface area (Å²) < 4.78 is 1.36. The molecule has 2 rings (SSSR count). The van der Waals surface area contributed by atoms with Gasteiger partial charge < -0.3 is 10.6 Å². The Kier molecular flexibility index (Phi) is 5.66. The van der Waals surface area contributed by atoms with Crippen LogP contribution >= 0.6 is 12.4 Å². The van der Waals surface area contributed by atoms with Gasteiger partial charge in [-0.3, -0.25) is 14.0 Å². The minimum atomic E-state index is -0.405. The van der Waals surface area contributed by atoms with E-state index in [4.69, 9.17) is 0 Å². The SMILES string of the molecule is CNC(C)CNC(=O)c1cnc2ccccn2c1=O.Cl. The van der Waals surface area contributed by atoms with Gasteiger partial charge in [-0.05, 0) is 26.1 Å². The molecule has 2 N–H and O–H groups in total. The van der Waals surface area contributed by atoms with E-state index in [1.807, 2.05) is 14.0 Å². The molecule has 0 spiro atoms. The van der Waals surface area contributed by atoms with E-state index < -0.39 is 5.91 Å². The zero-order chi connectivity index (χ0) is 13.8. The Hall–Kier alpha value is -1.92. The first-order valence-corrected chi connectivity index (χ1v) is 6.05. The van der Waals surface area contributed by atoms with Crippen LogP contribution in [0.15, 0.2) is 35.4 Å². The average Bonchev–Trinajstić information content (AvgIpc) is 2.45. The molecule has 0 aliphatic carbocycles. The third kappa shape index (κ3) is 3.34. The normalized spacial score (nSPS) is 11.7. The minimum absolute atomic E-state index is 0. The molecule has 0 bridgehead atoms. The summed E-state index contributed by atoms with van der Waals surface area (Å²) in [5.74, 6) is -0.405. The van der Waals surface area contributed by atoms with E-state index in [1.165, 1.54) is 10.6 Å². The van der Waals surface area contributed by atoms with Gasteiger partial charge in [0.05, 0.1) is 0 Å². The first-order chi connectivity index (χ1) is 9.13. The number of fused-ring (bicyclic) bond motifs is 1. The van der Waals surface area contributed by atoms with Crippen LogP contribution in [0.5, 0.6) is 0 Å². The lowest BCUT2D eigenvalue weighted by molar-refractivity contribution is 0.0948. The van der Waals surface area contributed by atoms with Gasteiger partial charge in [0, 0.05) is 25.0 Å². The summed E-state index contributed by atoms with van der Waals surface area (Å²) in [5, 5.41) is 5.70. The first kappa shape index (κ1) is 16.1. The summed E-state index contributed by atoms with van der Waals surface area (Å²) in [5.41, 5.74) is 0.208. The fourth-order valence-electron chi connectivity index (χ4n) is 1.63. The van der Waals surface area contributed by atoms with E-state index in [1.54, 1.807) is 24.4 Å². The third-order valence-electron chi connectivity index (χ3n) is 2.92. The van der Waals surface area contributed by atoms with Crippen LogP contribution in [0.1, 0.15) is 17.3 Å². The molecule has 2 aromatic rings. The topological polar surface area (TPSA) is 75.5 Å². The number of nitrogens with one attached hydrogen (secondary N) is 2. The van der Waals surface area contributed by atoms with Crippen LogP contribution in [0.2, 0.25) is 0 Å². The second-order valence-electron chi connectivity index (χ2n) is 4.31. The fourth-order valence-corrected chi connectivity index (χ4v) is 1.63. The maximum atomic E-state index is 12.1. The minimum Gasteiger partial charge on any atom is -0.350 e. The van der Waals surface area contributed by atoms with Crippen LogP contribution in [0, 0.1) is 0 Å². The average molecular weight is 297 g/mol. The van der Waals surface area contributed by atoms with Gasteiger partial charge in [0.25, 0.3) is 11.5 Å².